The van der Waals surface area contributed by atoms with E-state index in [9.17, 15) is 0 Å². The monoisotopic (exact) mass is 404 g/mol. The molecule has 0 saturated carbocycles. The molecule has 1 aromatic carbocycles. The molecule has 20 heavy (non-hydrogen) atoms. The fraction of sp³-hybridized carbons (Fsp3) is 0.357. The van der Waals surface area contributed by atoms with Gasteiger partial charge in [0.15, 0.2) is 0 Å². The van der Waals surface area contributed by atoms with E-state index in [2.05, 4.69) is 38.7 Å². The number of aromatic nitrogens is 2. The van der Waals surface area contributed by atoms with Crippen LogP contribution in [0.3, 0.4) is 0 Å². The van der Waals surface area contributed by atoms with Crippen LogP contribution in [0.2, 0.25) is 5.02 Å². The Hall–Kier alpha value is -0.630. The van der Waals surface area contributed by atoms with E-state index in [1.807, 2.05) is 37.0 Å². The van der Waals surface area contributed by atoms with Crippen molar-refractivity contribution in [1.29, 1.82) is 0 Å². The molecule has 2 N–H and O–H groups in total. The summed E-state index contributed by atoms with van der Waals surface area (Å²) in [5, 5.41) is 4.95. The van der Waals surface area contributed by atoms with Crippen molar-refractivity contribution in [2.24, 2.45) is 5.73 Å². The predicted molar refractivity (Wildman–Crippen MR) is 91.0 cm³/mol. The Morgan fingerprint density at radius 2 is 2.20 bits per heavy atom. The molecule has 0 radical (unpaired) electrons. The topological polar surface area (TPSA) is 47.1 Å². The Bertz CT molecular complexity index is 582. The number of nitrogens with zero attached hydrogens (tertiary/aromatic N) is 3. The van der Waals surface area contributed by atoms with Gasteiger partial charge in [0.2, 0.25) is 0 Å². The normalized spacial score (nSPS) is 12.9. The first kappa shape index (κ1) is 15.8. The van der Waals surface area contributed by atoms with Gasteiger partial charge in [0, 0.05) is 10.1 Å². The number of nitrogens with two attached hydrogens (primary N) is 1. The third-order valence-corrected chi connectivity index (χ3v) is 4.06. The molecule has 6 heteroatoms. The minimum atomic E-state index is -0.262. The van der Waals surface area contributed by atoms with E-state index >= 15 is 0 Å². The van der Waals surface area contributed by atoms with Crippen molar-refractivity contribution in [3.63, 3.8) is 0 Å². The van der Waals surface area contributed by atoms with Crippen LogP contribution in [0.15, 0.2) is 30.5 Å². The lowest BCUT2D eigenvalue weighted by Gasteiger charge is -2.17. The molecule has 1 heterocycles. The lowest BCUT2D eigenvalue weighted by Crippen LogP contribution is -2.23. The van der Waals surface area contributed by atoms with Gasteiger partial charge in [-0.3, -0.25) is 4.68 Å². The minimum absolute atomic E-state index is 0.262. The van der Waals surface area contributed by atoms with Crippen LogP contribution < -0.4 is 5.73 Å². The molecule has 4 nitrogen and oxygen atoms in total. The first-order valence-corrected chi connectivity index (χ1v) is 7.81. The van der Waals surface area contributed by atoms with Gasteiger partial charge in [-0.15, -0.1) is 0 Å². The van der Waals surface area contributed by atoms with Gasteiger partial charge >= 0.3 is 0 Å². The maximum Gasteiger partial charge on any atom is 0.0837 e. The van der Waals surface area contributed by atoms with E-state index in [-0.39, 0.29) is 6.04 Å². The standard InChI is InChI=1S/C14H18ClIN4/c1-19(2)6-7-20-14(12(15)9-18-20)13(17)10-4-3-5-11(16)8-10/h3-5,8-9,13H,6-7,17H2,1-2H3. The SMILES string of the molecule is CN(C)CCn1ncc(Cl)c1C(N)c1cccc(I)c1. The molecule has 1 atom stereocenters. The van der Waals surface area contributed by atoms with Gasteiger partial charge in [0.05, 0.1) is 29.5 Å². The number of benzene rings is 1. The molecule has 0 aliphatic carbocycles. The third-order valence-electron chi connectivity index (χ3n) is 3.09. The number of hydrogen-bond acceptors (Lipinski definition) is 3. The Labute approximate surface area is 138 Å². The number of rotatable bonds is 5. The summed E-state index contributed by atoms with van der Waals surface area (Å²) < 4.78 is 3.05. The van der Waals surface area contributed by atoms with Crippen LogP contribution in [0.4, 0.5) is 0 Å². The molecule has 1 aromatic heterocycles. The highest BCUT2D eigenvalue weighted by atomic mass is 127. The van der Waals surface area contributed by atoms with E-state index in [0.29, 0.717) is 5.02 Å². The summed E-state index contributed by atoms with van der Waals surface area (Å²) >= 11 is 8.55. The Balaban J connectivity index is 2.29. The first-order chi connectivity index (χ1) is 9.49. The molecule has 2 aromatic rings. The van der Waals surface area contributed by atoms with Crippen LogP contribution in [0.1, 0.15) is 17.3 Å². The molecule has 0 bridgehead atoms. The van der Waals surface area contributed by atoms with Crippen molar-refractivity contribution in [2.75, 3.05) is 20.6 Å². The van der Waals surface area contributed by atoms with Gasteiger partial charge in [-0.25, -0.2) is 0 Å². The molecular formula is C14H18ClIN4. The highest BCUT2D eigenvalue weighted by Crippen LogP contribution is 2.27. The molecule has 0 amide bonds. The third kappa shape index (κ3) is 3.72. The van der Waals surface area contributed by atoms with Crippen molar-refractivity contribution in [3.05, 3.63) is 50.3 Å². The van der Waals surface area contributed by atoms with E-state index in [4.69, 9.17) is 17.3 Å². The molecule has 0 aliphatic heterocycles. The zero-order valence-corrected chi connectivity index (χ0v) is 14.5. The maximum absolute atomic E-state index is 6.38. The van der Waals surface area contributed by atoms with Crippen molar-refractivity contribution in [2.45, 2.75) is 12.6 Å². The molecule has 0 fully saturated rings. The largest absolute Gasteiger partial charge is 0.319 e. The van der Waals surface area contributed by atoms with Gasteiger partial charge in [-0.2, -0.15) is 5.10 Å². The Morgan fingerprint density at radius 3 is 2.85 bits per heavy atom. The number of hydrogen-bond donors (Lipinski definition) is 1. The molecule has 0 spiro atoms. The predicted octanol–water partition coefficient (Wildman–Crippen LogP) is 2.75. The second kappa shape index (κ2) is 6.89. The van der Waals surface area contributed by atoms with E-state index in [0.717, 1.165) is 27.9 Å². The summed E-state index contributed by atoms with van der Waals surface area (Å²) in [7, 11) is 4.06. The lowest BCUT2D eigenvalue weighted by atomic mass is 10.0. The second-order valence-corrected chi connectivity index (χ2v) is 6.59. The van der Waals surface area contributed by atoms with Gasteiger partial charge in [-0.05, 0) is 54.4 Å². The average Bonchev–Trinajstić information content (AvgIpc) is 2.76. The lowest BCUT2D eigenvalue weighted by molar-refractivity contribution is 0.368. The average molecular weight is 405 g/mol. The summed E-state index contributed by atoms with van der Waals surface area (Å²) in [6.07, 6.45) is 1.67. The molecular weight excluding hydrogens is 387 g/mol. The minimum Gasteiger partial charge on any atom is -0.319 e. The van der Waals surface area contributed by atoms with Crippen LogP contribution in [0, 0.1) is 3.57 Å². The summed E-state index contributed by atoms with van der Waals surface area (Å²) in [4.78, 5) is 2.11. The van der Waals surface area contributed by atoms with Gasteiger partial charge in [-0.1, -0.05) is 23.7 Å². The van der Waals surface area contributed by atoms with E-state index in [1.165, 1.54) is 0 Å². The van der Waals surface area contributed by atoms with Crippen LogP contribution in [-0.2, 0) is 6.54 Å². The summed E-state index contributed by atoms with van der Waals surface area (Å²) in [5.74, 6) is 0. The van der Waals surface area contributed by atoms with Crippen LogP contribution in [0.25, 0.3) is 0 Å². The smallest absolute Gasteiger partial charge is 0.0837 e. The van der Waals surface area contributed by atoms with Crippen molar-refractivity contribution < 1.29 is 0 Å². The fourth-order valence-electron chi connectivity index (χ4n) is 2.01. The zero-order chi connectivity index (χ0) is 14.7. The molecule has 1 unspecified atom stereocenters. The van der Waals surface area contributed by atoms with E-state index < -0.39 is 0 Å². The van der Waals surface area contributed by atoms with Crippen molar-refractivity contribution >= 4 is 34.2 Å². The van der Waals surface area contributed by atoms with Gasteiger partial charge < -0.3 is 10.6 Å². The number of likely N-dealkylation sites (N-methyl/N-ethyl adjacent to an activating group) is 1. The Morgan fingerprint density at radius 1 is 1.45 bits per heavy atom. The van der Waals surface area contributed by atoms with Crippen molar-refractivity contribution in [1.82, 2.24) is 14.7 Å². The van der Waals surface area contributed by atoms with E-state index in [1.54, 1.807) is 6.20 Å². The summed E-state index contributed by atoms with van der Waals surface area (Å²) in [6.45, 7) is 1.66. The molecule has 0 aliphatic rings. The molecule has 2 rings (SSSR count). The van der Waals surface area contributed by atoms with Crippen LogP contribution in [0.5, 0.6) is 0 Å². The highest BCUT2D eigenvalue weighted by molar-refractivity contribution is 14.1. The summed E-state index contributed by atoms with van der Waals surface area (Å²) in [6, 6.07) is 7.88. The first-order valence-electron chi connectivity index (χ1n) is 6.36. The summed E-state index contributed by atoms with van der Waals surface area (Å²) in [5.41, 5.74) is 8.29. The zero-order valence-electron chi connectivity index (χ0n) is 11.6. The maximum atomic E-state index is 6.38. The number of halogens is 2. The van der Waals surface area contributed by atoms with Crippen LogP contribution in [-0.4, -0.2) is 35.3 Å². The van der Waals surface area contributed by atoms with Crippen molar-refractivity contribution in [3.8, 4) is 0 Å². The highest BCUT2D eigenvalue weighted by Gasteiger charge is 2.18. The quantitative estimate of drug-likeness (QED) is 0.780. The van der Waals surface area contributed by atoms with Gasteiger partial charge in [0.25, 0.3) is 0 Å². The Kier molecular flexibility index (Phi) is 5.42. The molecule has 108 valence electrons. The van der Waals surface area contributed by atoms with Gasteiger partial charge in [0.1, 0.15) is 0 Å². The second-order valence-electron chi connectivity index (χ2n) is 4.94. The van der Waals surface area contributed by atoms with Crippen LogP contribution >= 0.6 is 34.2 Å². The molecule has 0 saturated heterocycles. The fourth-order valence-corrected chi connectivity index (χ4v) is 2.84.